The van der Waals surface area contributed by atoms with E-state index in [9.17, 15) is 18.0 Å². The number of aromatic nitrogens is 1. The number of halogens is 3. The zero-order chi connectivity index (χ0) is 15.5. The normalized spacial score (nSPS) is 22.3. The van der Waals surface area contributed by atoms with Gasteiger partial charge in [-0.2, -0.15) is 13.2 Å². The number of pyridine rings is 1. The molecule has 1 aromatic rings. The molecule has 7 heteroatoms. The third-order valence-electron chi connectivity index (χ3n) is 3.90. The molecular formula is C14H18F3N3O. The van der Waals surface area contributed by atoms with Crippen molar-refractivity contribution in [2.45, 2.75) is 26.1 Å². The number of nitrogens with one attached hydrogen (secondary N) is 1. The number of carbonyl (C=O) groups is 1. The van der Waals surface area contributed by atoms with Crippen molar-refractivity contribution in [2.75, 3.05) is 19.6 Å². The Morgan fingerprint density at radius 3 is 2.57 bits per heavy atom. The van der Waals surface area contributed by atoms with Crippen molar-refractivity contribution in [1.82, 2.24) is 15.2 Å². The van der Waals surface area contributed by atoms with Crippen molar-refractivity contribution in [3.05, 3.63) is 30.1 Å². The zero-order valence-corrected chi connectivity index (χ0v) is 11.8. The van der Waals surface area contributed by atoms with Gasteiger partial charge in [-0.05, 0) is 37.6 Å². The molecule has 1 aliphatic rings. The first-order valence-corrected chi connectivity index (χ1v) is 6.86. The van der Waals surface area contributed by atoms with E-state index in [4.69, 9.17) is 0 Å². The van der Waals surface area contributed by atoms with Gasteiger partial charge in [0.2, 0.25) is 5.91 Å². The van der Waals surface area contributed by atoms with E-state index < -0.39 is 17.5 Å². The number of amides is 1. The molecule has 2 heterocycles. The maximum atomic E-state index is 13.4. The SMILES string of the molecule is CCN(Cc1ccncc1)C(=O)C1(C(F)(F)F)CCNC1. The van der Waals surface area contributed by atoms with Gasteiger partial charge in [0.05, 0.1) is 0 Å². The van der Waals surface area contributed by atoms with Gasteiger partial charge in [-0.15, -0.1) is 0 Å². The van der Waals surface area contributed by atoms with Crippen LogP contribution in [0.4, 0.5) is 13.2 Å². The van der Waals surface area contributed by atoms with Gasteiger partial charge in [-0.3, -0.25) is 9.78 Å². The van der Waals surface area contributed by atoms with Gasteiger partial charge < -0.3 is 10.2 Å². The van der Waals surface area contributed by atoms with Gasteiger partial charge in [0.25, 0.3) is 0 Å². The largest absolute Gasteiger partial charge is 0.404 e. The fourth-order valence-electron chi connectivity index (χ4n) is 2.58. The van der Waals surface area contributed by atoms with E-state index in [1.165, 1.54) is 4.90 Å². The minimum absolute atomic E-state index is 0.162. The van der Waals surface area contributed by atoms with Crippen molar-refractivity contribution < 1.29 is 18.0 Å². The van der Waals surface area contributed by atoms with Gasteiger partial charge in [0.15, 0.2) is 5.41 Å². The molecule has 0 bridgehead atoms. The van der Waals surface area contributed by atoms with E-state index in [1.54, 1.807) is 31.5 Å². The van der Waals surface area contributed by atoms with Crippen molar-refractivity contribution in [3.63, 3.8) is 0 Å². The second-order valence-corrected chi connectivity index (χ2v) is 5.18. The highest BCUT2D eigenvalue weighted by molar-refractivity contribution is 5.84. The molecule has 1 N–H and O–H groups in total. The summed E-state index contributed by atoms with van der Waals surface area (Å²) in [6.45, 7) is 1.94. The highest BCUT2D eigenvalue weighted by Gasteiger charge is 2.62. The third kappa shape index (κ3) is 3.02. The first-order valence-electron chi connectivity index (χ1n) is 6.86. The summed E-state index contributed by atoms with van der Waals surface area (Å²) in [6.07, 6.45) is -1.63. The Hall–Kier alpha value is -1.63. The molecule has 1 aromatic heterocycles. The molecule has 4 nitrogen and oxygen atoms in total. The number of rotatable bonds is 4. The smallest absolute Gasteiger partial charge is 0.338 e. The van der Waals surface area contributed by atoms with Crippen LogP contribution in [0, 0.1) is 5.41 Å². The summed E-state index contributed by atoms with van der Waals surface area (Å²) in [6, 6.07) is 3.40. The molecule has 1 fully saturated rings. The van der Waals surface area contributed by atoms with Crippen LogP contribution in [0.2, 0.25) is 0 Å². The fraction of sp³-hybridized carbons (Fsp3) is 0.571. The van der Waals surface area contributed by atoms with Crippen LogP contribution < -0.4 is 5.32 Å². The fourth-order valence-corrected chi connectivity index (χ4v) is 2.58. The third-order valence-corrected chi connectivity index (χ3v) is 3.90. The Morgan fingerprint density at radius 2 is 2.10 bits per heavy atom. The lowest BCUT2D eigenvalue weighted by Gasteiger charge is -2.34. The lowest BCUT2D eigenvalue weighted by atomic mass is 9.84. The molecule has 1 unspecified atom stereocenters. The van der Waals surface area contributed by atoms with Gasteiger partial charge in [-0.25, -0.2) is 0 Å². The standard InChI is InChI=1S/C14H18F3N3O/c1-2-20(9-11-3-6-18-7-4-11)12(21)13(14(15,16)17)5-8-19-10-13/h3-4,6-7,19H,2,5,8-10H2,1H3. The Morgan fingerprint density at radius 1 is 1.43 bits per heavy atom. The Bertz CT molecular complexity index is 484. The monoisotopic (exact) mass is 301 g/mol. The van der Waals surface area contributed by atoms with Gasteiger partial charge >= 0.3 is 6.18 Å². The molecular weight excluding hydrogens is 283 g/mol. The van der Waals surface area contributed by atoms with Crippen molar-refractivity contribution in [2.24, 2.45) is 5.41 Å². The van der Waals surface area contributed by atoms with Crippen LogP contribution in [-0.4, -0.2) is 41.6 Å². The van der Waals surface area contributed by atoms with Gasteiger partial charge in [-0.1, -0.05) is 0 Å². The highest BCUT2D eigenvalue weighted by Crippen LogP contribution is 2.44. The molecule has 116 valence electrons. The second kappa shape index (κ2) is 6.01. The van der Waals surface area contributed by atoms with Crippen molar-refractivity contribution in [1.29, 1.82) is 0 Å². The zero-order valence-electron chi connectivity index (χ0n) is 11.8. The Kier molecular flexibility index (Phi) is 4.51. The molecule has 1 saturated heterocycles. The van der Waals surface area contributed by atoms with E-state index in [0.29, 0.717) is 0 Å². The maximum Gasteiger partial charge on any atom is 0.404 e. The number of alkyl halides is 3. The van der Waals surface area contributed by atoms with Gasteiger partial charge in [0, 0.05) is 32.0 Å². The minimum Gasteiger partial charge on any atom is -0.338 e. The number of hydrogen-bond donors (Lipinski definition) is 1. The number of carbonyl (C=O) groups excluding carboxylic acids is 1. The topological polar surface area (TPSA) is 45.2 Å². The molecule has 1 amide bonds. The molecule has 1 atom stereocenters. The summed E-state index contributed by atoms with van der Waals surface area (Å²) in [5, 5.41) is 2.67. The van der Waals surface area contributed by atoms with E-state index in [0.717, 1.165) is 5.56 Å². The predicted octanol–water partition coefficient (Wildman–Crippen LogP) is 1.97. The van der Waals surface area contributed by atoms with E-state index in [-0.39, 0.29) is 32.6 Å². The van der Waals surface area contributed by atoms with Crippen molar-refractivity contribution >= 4 is 5.91 Å². The van der Waals surface area contributed by atoms with Crippen LogP contribution in [-0.2, 0) is 11.3 Å². The first kappa shape index (κ1) is 15.8. The van der Waals surface area contributed by atoms with Crippen LogP contribution in [0.3, 0.4) is 0 Å². The highest BCUT2D eigenvalue weighted by atomic mass is 19.4. The summed E-state index contributed by atoms with van der Waals surface area (Å²) in [7, 11) is 0. The van der Waals surface area contributed by atoms with Crippen LogP contribution in [0.15, 0.2) is 24.5 Å². The van der Waals surface area contributed by atoms with Crippen molar-refractivity contribution in [3.8, 4) is 0 Å². The van der Waals surface area contributed by atoms with E-state index >= 15 is 0 Å². The second-order valence-electron chi connectivity index (χ2n) is 5.18. The Labute approximate surface area is 121 Å². The predicted molar refractivity (Wildman–Crippen MR) is 71.3 cm³/mol. The van der Waals surface area contributed by atoms with E-state index in [2.05, 4.69) is 10.3 Å². The van der Waals surface area contributed by atoms with Crippen LogP contribution in [0.5, 0.6) is 0 Å². The molecule has 0 radical (unpaired) electrons. The average Bonchev–Trinajstić information content (AvgIpc) is 2.95. The molecule has 0 spiro atoms. The first-order chi connectivity index (χ1) is 9.90. The van der Waals surface area contributed by atoms with Gasteiger partial charge in [0.1, 0.15) is 0 Å². The summed E-state index contributed by atoms with van der Waals surface area (Å²) < 4.78 is 40.2. The molecule has 0 saturated carbocycles. The minimum atomic E-state index is -4.54. The summed E-state index contributed by atoms with van der Waals surface area (Å²) in [4.78, 5) is 17.6. The summed E-state index contributed by atoms with van der Waals surface area (Å²) >= 11 is 0. The summed E-state index contributed by atoms with van der Waals surface area (Å²) in [5.74, 6) is -0.848. The Balaban J connectivity index is 2.22. The molecule has 0 aliphatic carbocycles. The average molecular weight is 301 g/mol. The molecule has 0 aromatic carbocycles. The molecule has 2 rings (SSSR count). The van der Waals surface area contributed by atoms with Crippen LogP contribution in [0.25, 0.3) is 0 Å². The quantitative estimate of drug-likeness (QED) is 0.925. The number of nitrogens with zero attached hydrogens (tertiary/aromatic N) is 2. The molecule has 21 heavy (non-hydrogen) atoms. The lowest BCUT2D eigenvalue weighted by Crippen LogP contribution is -2.53. The maximum absolute atomic E-state index is 13.4. The van der Waals surface area contributed by atoms with E-state index in [1.807, 2.05) is 0 Å². The lowest BCUT2D eigenvalue weighted by molar-refractivity contribution is -0.222. The number of hydrogen-bond acceptors (Lipinski definition) is 3. The van der Waals surface area contributed by atoms with Crippen LogP contribution >= 0.6 is 0 Å². The molecule has 1 aliphatic heterocycles. The van der Waals surface area contributed by atoms with Crippen LogP contribution in [0.1, 0.15) is 18.9 Å². The summed E-state index contributed by atoms with van der Waals surface area (Å²) in [5.41, 5.74) is -1.53.